The van der Waals surface area contributed by atoms with Crippen molar-refractivity contribution in [1.82, 2.24) is 41.6 Å². The zero-order chi connectivity index (χ0) is 26.2. The zero-order valence-electron chi connectivity index (χ0n) is 20.7. The summed E-state index contributed by atoms with van der Waals surface area (Å²) >= 11 is 6.09. The van der Waals surface area contributed by atoms with E-state index in [0.717, 1.165) is 22.7 Å². The van der Waals surface area contributed by atoms with Gasteiger partial charge in [0.05, 0.1) is 53.8 Å². The molecule has 0 saturated carbocycles. The van der Waals surface area contributed by atoms with Crippen LogP contribution in [-0.2, 0) is 4.74 Å². The number of halogens is 1. The van der Waals surface area contributed by atoms with Gasteiger partial charge in [0.25, 0.3) is 5.91 Å². The molecule has 1 amide bonds. The second-order valence-electron chi connectivity index (χ2n) is 9.30. The van der Waals surface area contributed by atoms with Crippen molar-refractivity contribution in [1.29, 1.82) is 0 Å². The van der Waals surface area contributed by atoms with Crippen LogP contribution in [0.2, 0.25) is 5.02 Å². The molecule has 38 heavy (non-hydrogen) atoms. The van der Waals surface area contributed by atoms with E-state index >= 15 is 0 Å². The highest BCUT2D eigenvalue weighted by Crippen LogP contribution is 2.37. The molecule has 0 spiro atoms. The Bertz CT molecular complexity index is 1330. The first-order chi connectivity index (χ1) is 18.5. The van der Waals surface area contributed by atoms with E-state index in [1.165, 1.54) is 11.8 Å². The number of aromatic nitrogens is 3. The van der Waals surface area contributed by atoms with Crippen molar-refractivity contribution < 1.29 is 14.6 Å². The molecular formula is C25H28ClN9O3. The van der Waals surface area contributed by atoms with E-state index in [4.69, 9.17) is 21.3 Å². The van der Waals surface area contributed by atoms with Gasteiger partial charge in [-0.15, -0.1) is 0 Å². The Labute approximate surface area is 224 Å². The van der Waals surface area contributed by atoms with Crippen LogP contribution in [-0.4, -0.2) is 75.5 Å². The first-order valence-electron chi connectivity index (χ1n) is 12.5. The molecule has 5 N–H and O–H groups in total. The van der Waals surface area contributed by atoms with Crippen LogP contribution in [0.1, 0.15) is 29.5 Å². The summed E-state index contributed by atoms with van der Waals surface area (Å²) in [7, 11) is 0. The van der Waals surface area contributed by atoms with Gasteiger partial charge in [-0.05, 0) is 31.6 Å². The van der Waals surface area contributed by atoms with E-state index in [1.54, 1.807) is 24.5 Å². The maximum Gasteiger partial charge on any atom is 0.271 e. The van der Waals surface area contributed by atoms with E-state index in [-0.39, 0.29) is 16.9 Å². The number of nitrogens with zero attached hydrogens (tertiary/aromatic N) is 5. The van der Waals surface area contributed by atoms with Crippen molar-refractivity contribution in [2.75, 3.05) is 31.1 Å². The highest BCUT2D eigenvalue weighted by atomic mass is 35.5. The number of anilines is 1. The van der Waals surface area contributed by atoms with Crippen LogP contribution in [0.25, 0.3) is 5.57 Å². The van der Waals surface area contributed by atoms with Gasteiger partial charge in [-0.1, -0.05) is 11.6 Å². The number of fused-ring (bicyclic) bond motifs is 2. The fourth-order valence-corrected chi connectivity index (χ4v) is 5.28. The third-order valence-electron chi connectivity index (χ3n) is 6.91. The molecule has 6 rings (SSSR count). The molecular weight excluding hydrogens is 510 g/mol. The molecule has 2 fully saturated rings. The third-order valence-corrected chi connectivity index (χ3v) is 7.21. The van der Waals surface area contributed by atoms with Gasteiger partial charge < -0.3 is 20.1 Å². The molecule has 0 bridgehead atoms. The molecule has 198 valence electrons. The van der Waals surface area contributed by atoms with Gasteiger partial charge in [0, 0.05) is 37.0 Å². The number of pyridine rings is 1. The van der Waals surface area contributed by atoms with Gasteiger partial charge in [0.1, 0.15) is 23.4 Å². The maximum absolute atomic E-state index is 12.6. The van der Waals surface area contributed by atoms with Crippen LogP contribution in [0.15, 0.2) is 60.0 Å². The van der Waals surface area contributed by atoms with Gasteiger partial charge >= 0.3 is 0 Å². The van der Waals surface area contributed by atoms with E-state index < -0.39 is 18.1 Å². The minimum absolute atomic E-state index is 0.00479. The number of ether oxygens (including phenoxy) is 1. The second kappa shape index (κ2) is 10.3. The Kier molecular flexibility index (Phi) is 6.72. The van der Waals surface area contributed by atoms with Gasteiger partial charge in [-0.25, -0.2) is 20.8 Å². The highest BCUT2D eigenvalue weighted by Gasteiger charge is 2.38. The lowest BCUT2D eigenvalue weighted by atomic mass is 10.0. The Morgan fingerprint density at radius 2 is 2.21 bits per heavy atom. The normalized spacial score (nSPS) is 24.6. The topological polar surface area (TPSA) is 140 Å². The molecule has 4 aliphatic rings. The number of carbonyl (C=O) groups excluding carboxylic acids is 1. The van der Waals surface area contributed by atoms with Crippen molar-refractivity contribution in [3.05, 3.63) is 76.4 Å². The summed E-state index contributed by atoms with van der Waals surface area (Å²) < 4.78 is 5.79. The number of allylic oxidation sites excluding steroid dienone is 2. The summed E-state index contributed by atoms with van der Waals surface area (Å²) in [5.41, 5.74) is 13.8. The van der Waals surface area contributed by atoms with Crippen molar-refractivity contribution in [3.8, 4) is 0 Å². The third kappa shape index (κ3) is 4.61. The summed E-state index contributed by atoms with van der Waals surface area (Å²) in [6.45, 7) is 4.11. The van der Waals surface area contributed by atoms with Crippen molar-refractivity contribution in [2.24, 2.45) is 0 Å². The number of carbonyl (C=O) groups is 1. The average Bonchev–Trinajstić information content (AvgIpc) is 3.51. The average molecular weight is 538 g/mol. The number of aliphatic hydroxyl groups excluding tert-OH is 1. The van der Waals surface area contributed by atoms with Crippen molar-refractivity contribution in [2.45, 2.75) is 31.7 Å². The summed E-state index contributed by atoms with van der Waals surface area (Å²) in [6, 6.07) is 2.85. The number of piperidine rings is 1. The molecule has 12 nitrogen and oxygen atoms in total. The SMILES string of the molecule is CCOC1=CN2NC3NNCC3=C2C(c2cnc(N3CC[C@H](NC(=O)c4ncccc4Cl)[C@@H](O)C3)cn2)=C1. The quantitative estimate of drug-likeness (QED) is 0.355. The number of aliphatic hydroxyl groups is 1. The fraction of sp³-hybridized carbons (Fsp3) is 0.360. The lowest BCUT2D eigenvalue weighted by Crippen LogP contribution is -2.54. The molecule has 0 radical (unpaired) electrons. The zero-order valence-corrected chi connectivity index (χ0v) is 21.4. The lowest BCUT2D eigenvalue weighted by molar-refractivity contribution is 0.0793. The first-order valence-corrected chi connectivity index (χ1v) is 12.9. The van der Waals surface area contributed by atoms with E-state index in [2.05, 4.69) is 31.6 Å². The number of hydrogen-bond acceptors (Lipinski definition) is 11. The number of hydrazine groups is 2. The summed E-state index contributed by atoms with van der Waals surface area (Å²) in [5, 5.41) is 15.9. The van der Waals surface area contributed by atoms with Crippen LogP contribution in [0.3, 0.4) is 0 Å². The van der Waals surface area contributed by atoms with Crippen LogP contribution >= 0.6 is 11.6 Å². The molecule has 0 aliphatic carbocycles. The largest absolute Gasteiger partial charge is 0.492 e. The Morgan fingerprint density at radius 1 is 1.32 bits per heavy atom. The van der Waals surface area contributed by atoms with Crippen molar-refractivity contribution in [3.63, 3.8) is 0 Å². The molecule has 2 saturated heterocycles. The number of rotatable bonds is 6. The Balaban J connectivity index is 1.16. The number of nitrogens with one attached hydrogen (secondary N) is 4. The molecule has 6 heterocycles. The van der Waals surface area contributed by atoms with Gasteiger partial charge in [-0.3, -0.25) is 20.2 Å². The Morgan fingerprint density at radius 3 is 2.97 bits per heavy atom. The summed E-state index contributed by atoms with van der Waals surface area (Å²) in [6.07, 6.45) is 8.63. The van der Waals surface area contributed by atoms with Gasteiger partial charge in [0.2, 0.25) is 0 Å². The summed E-state index contributed by atoms with van der Waals surface area (Å²) in [5.74, 6) is 0.986. The van der Waals surface area contributed by atoms with Crippen LogP contribution < -0.4 is 26.5 Å². The molecule has 2 aromatic rings. The van der Waals surface area contributed by atoms with E-state index in [1.807, 2.05) is 29.1 Å². The number of β-amino-alcohol motifs (C(OH)–C–C–N with tert-alkyl or cyclic N) is 1. The molecule has 3 atom stereocenters. The second-order valence-corrected chi connectivity index (χ2v) is 9.71. The Hall–Kier alpha value is -3.55. The fourth-order valence-electron chi connectivity index (χ4n) is 5.07. The molecule has 0 aromatic carbocycles. The minimum Gasteiger partial charge on any atom is -0.492 e. The monoisotopic (exact) mass is 537 g/mol. The van der Waals surface area contributed by atoms with Crippen molar-refractivity contribution >= 4 is 28.9 Å². The smallest absolute Gasteiger partial charge is 0.271 e. The predicted octanol–water partition coefficient (Wildman–Crippen LogP) is 0.678. The first kappa shape index (κ1) is 24.8. The summed E-state index contributed by atoms with van der Waals surface area (Å²) in [4.78, 5) is 28.0. The van der Waals surface area contributed by atoms with E-state index in [9.17, 15) is 9.90 Å². The molecule has 1 unspecified atom stereocenters. The standard InChI is InChI=1S/C25H28ClN9O3/c1-2-38-14-8-15(23-16-9-30-32-24(16)33-35(23)12-14)19-10-29-21(11-28-19)34-7-5-18(20(36)13-34)31-25(37)22-17(26)4-3-6-27-22/h3-4,6,8,10-12,18,20,24,30,32-33,36H,2,5,7,9,13H2,1H3,(H,31,37)/t18-,20-,24?/m0/s1. The van der Waals surface area contributed by atoms with Gasteiger partial charge in [-0.2, -0.15) is 0 Å². The predicted molar refractivity (Wildman–Crippen MR) is 140 cm³/mol. The minimum atomic E-state index is -0.791. The molecule has 13 heteroatoms. The van der Waals surface area contributed by atoms with Crippen LogP contribution in [0, 0.1) is 0 Å². The molecule has 2 aromatic heterocycles. The van der Waals surface area contributed by atoms with Crippen LogP contribution in [0.5, 0.6) is 0 Å². The highest BCUT2D eigenvalue weighted by molar-refractivity contribution is 6.33. The lowest BCUT2D eigenvalue weighted by Gasteiger charge is -2.36. The number of hydrogen-bond donors (Lipinski definition) is 5. The van der Waals surface area contributed by atoms with E-state index in [0.29, 0.717) is 38.5 Å². The number of amides is 1. The van der Waals surface area contributed by atoms with Gasteiger partial charge in [0.15, 0.2) is 0 Å². The molecule has 4 aliphatic heterocycles. The van der Waals surface area contributed by atoms with Crippen LogP contribution in [0.4, 0.5) is 5.82 Å². The maximum atomic E-state index is 12.6.